The van der Waals surface area contributed by atoms with Crippen molar-refractivity contribution < 1.29 is 24.4 Å². The second-order valence-corrected chi connectivity index (χ2v) is 7.59. The number of rotatable bonds is 5. The molecule has 0 spiro atoms. The number of benzene rings is 3. The van der Waals surface area contributed by atoms with Crippen LogP contribution in [0.15, 0.2) is 78.4 Å². The number of amides is 1. The van der Waals surface area contributed by atoms with Crippen LogP contribution < -0.4 is 9.64 Å². The van der Waals surface area contributed by atoms with Gasteiger partial charge in [-0.1, -0.05) is 29.8 Å². The van der Waals surface area contributed by atoms with Gasteiger partial charge in [0.2, 0.25) is 0 Å². The number of nitro benzene ring substituents is 1. The van der Waals surface area contributed by atoms with E-state index in [1.807, 2.05) is 19.1 Å². The van der Waals surface area contributed by atoms with Crippen LogP contribution in [0.5, 0.6) is 5.75 Å². The Morgan fingerprint density at radius 3 is 2.30 bits per heavy atom. The van der Waals surface area contributed by atoms with Crippen LogP contribution in [0.25, 0.3) is 5.76 Å². The lowest BCUT2D eigenvalue weighted by Crippen LogP contribution is -2.29. The van der Waals surface area contributed by atoms with Crippen LogP contribution in [-0.4, -0.2) is 28.8 Å². The van der Waals surface area contributed by atoms with Crippen molar-refractivity contribution in [1.29, 1.82) is 0 Å². The molecule has 1 heterocycles. The quantitative estimate of drug-likeness (QED) is 0.203. The summed E-state index contributed by atoms with van der Waals surface area (Å²) in [5, 5.41) is 22.1. The molecule has 0 saturated carbocycles. The number of non-ortho nitro benzene ring substituents is 1. The fourth-order valence-electron chi connectivity index (χ4n) is 3.83. The van der Waals surface area contributed by atoms with Gasteiger partial charge in [-0.3, -0.25) is 24.6 Å². The van der Waals surface area contributed by atoms with E-state index in [0.29, 0.717) is 17.0 Å². The van der Waals surface area contributed by atoms with E-state index in [0.717, 1.165) is 5.56 Å². The molecule has 1 aliphatic heterocycles. The SMILES string of the molecule is COc1cccc(C2/C(=C(/O)c3ccc([N+](=O)[O-])cc3)C(=O)C(=O)N2c2ccc(C)cc2)c1. The van der Waals surface area contributed by atoms with Crippen molar-refractivity contribution in [2.45, 2.75) is 13.0 Å². The number of carbonyl (C=O) groups is 2. The maximum atomic E-state index is 13.1. The number of hydrogen-bond donors (Lipinski definition) is 1. The number of carbonyl (C=O) groups excluding carboxylic acids is 2. The molecular weight excluding hydrogens is 424 g/mol. The number of methoxy groups -OCH3 is 1. The molecule has 3 aromatic carbocycles. The minimum absolute atomic E-state index is 0.109. The summed E-state index contributed by atoms with van der Waals surface area (Å²) in [6, 6.07) is 18.2. The largest absolute Gasteiger partial charge is 0.507 e. The van der Waals surface area contributed by atoms with Gasteiger partial charge in [0.15, 0.2) is 0 Å². The van der Waals surface area contributed by atoms with Gasteiger partial charge in [0.1, 0.15) is 11.5 Å². The predicted octanol–water partition coefficient (Wildman–Crippen LogP) is 4.54. The van der Waals surface area contributed by atoms with Crippen molar-refractivity contribution in [2.75, 3.05) is 12.0 Å². The first-order chi connectivity index (χ1) is 15.8. The number of ketones is 1. The molecule has 1 N–H and O–H groups in total. The normalized spacial score (nSPS) is 17.3. The monoisotopic (exact) mass is 444 g/mol. The lowest BCUT2D eigenvalue weighted by Gasteiger charge is -2.25. The van der Waals surface area contributed by atoms with Crippen molar-refractivity contribution in [3.63, 3.8) is 0 Å². The highest BCUT2D eigenvalue weighted by atomic mass is 16.6. The average molecular weight is 444 g/mol. The summed E-state index contributed by atoms with van der Waals surface area (Å²) in [4.78, 5) is 38.0. The summed E-state index contributed by atoms with van der Waals surface area (Å²) >= 11 is 0. The molecule has 1 amide bonds. The highest BCUT2D eigenvalue weighted by Gasteiger charge is 2.47. The van der Waals surface area contributed by atoms with Gasteiger partial charge in [0.05, 0.1) is 23.6 Å². The van der Waals surface area contributed by atoms with E-state index in [-0.39, 0.29) is 16.8 Å². The fraction of sp³-hybridized carbons (Fsp3) is 0.120. The minimum atomic E-state index is -0.919. The summed E-state index contributed by atoms with van der Waals surface area (Å²) in [7, 11) is 1.51. The van der Waals surface area contributed by atoms with E-state index in [9.17, 15) is 24.8 Å². The highest BCUT2D eigenvalue weighted by Crippen LogP contribution is 2.42. The molecule has 3 aromatic rings. The van der Waals surface area contributed by atoms with Gasteiger partial charge in [0.25, 0.3) is 17.4 Å². The third-order valence-electron chi connectivity index (χ3n) is 5.52. The molecule has 1 fully saturated rings. The Morgan fingerprint density at radius 2 is 1.70 bits per heavy atom. The zero-order valence-corrected chi connectivity index (χ0v) is 17.9. The molecule has 1 saturated heterocycles. The van der Waals surface area contributed by atoms with E-state index >= 15 is 0 Å². The predicted molar refractivity (Wildman–Crippen MR) is 122 cm³/mol. The van der Waals surface area contributed by atoms with Gasteiger partial charge in [0, 0.05) is 23.4 Å². The summed E-state index contributed by atoms with van der Waals surface area (Å²) in [5.74, 6) is -1.52. The van der Waals surface area contributed by atoms with Gasteiger partial charge in [-0.05, 0) is 48.9 Å². The second kappa shape index (κ2) is 8.58. The Labute approximate surface area is 189 Å². The number of hydrogen-bond acceptors (Lipinski definition) is 6. The summed E-state index contributed by atoms with van der Waals surface area (Å²) in [6.07, 6.45) is 0. The fourth-order valence-corrected chi connectivity index (χ4v) is 3.83. The number of Topliss-reactive ketones (excluding diaryl/α,β-unsaturated/α-hetero) is 1. The maximum absolute atomic E-state index is 13.1. The standard InChI is InChI=1S/C25H20N2O6/c1-15-6-10-18(11-7-15)26-22(17-4-3-5-20(14-17)33-2)21(24(29)25(26)30)23(28)16-8-12-19(13-9-16)27(31)32/h3-14,22,28H,1-2H3/b23-21-. The lowest BCUT2D eigenvalue weighted by atomic mass is 9.95. The molecule has 1 atom stereocenters. The molecule has 8 nitrogen and oxygen atoms in total. The van der Waals surface area contributed by atoms with Gasteiger partial charge >= 0.3 is 0 Å². The number of aliphatic hydroxyl groups excluding tert-OH is 1. The number of ether oxygens (including phenoxy) is 1. The molecule has 1 aliphatic rings. The Bertz CT molecular complexity index is 1280. The zero-order chi connectivity index (χ0) is 23.7. The number of aliphatic hydroxyl groups is 1. The summed E-state index contributed by atoms with van der Waals surface area (Å²) in [5.41, 5.74) is 1.98. The summed E-state index contributed by atoms with van der Waals surface area (Å²) < 4.78 is 5.31. The number of anilines is 1. The van der Waals surface area contributed by atoms with Crippen LogP contribution >= 0.6 is 0 Å². The van der Waals surface area contributed by atoms with E-state index in [2.05, 4.69) is 0 Å². The zero-order valence-electron chi connectivity index (χ0n) is 17.9. The molecule has 166 valence electrons. The van der Waals surface area contributed by atoms with Crippen molar-refractivity contribution in [1.82, 2.24) is 0 Å². The van der Waals surface area contributed by atoms with Crippen molar-refractivity contribution in [3.05, 3.63) is 105 Å². The van der Waals surface area contributed by atoms with Gasteiger partial charge in [-0.15, -0.1) is 0 Å². The maximum Gasteiger partial charge on any atom is 0.300 e. The van der Waals surface area contributed by atoms with Crippen LogP contribution in [0.3, 0.4) is 0 Å². The lowest BCUT2D eigenvalue weighted by molar-refractivity contribution is -0.384. The minimum Gasteiger partial charge on any atom is -0.507 e. The third-order valence-corrected chi connectivity index (χ3v) is 5.52. The van der Waals surface area contributed by atoms with Crippen molar-refractivity contribution >= 4 is 28.8 Å². The Morgan fingerprint density at radius 1 is 1.03 bits per heavy atom. The van der Waals surface area contributed by atoms with E-state index in [1.165, 1.54) is 36.3 Å². The molecule has 0 aliphatic carbocycles. The third kappa shape index (κ3) is 3.94. The highest BCUT2D eigenvalue weighted by molar-refractivity contribution is 6.51. The van der Waals surface area contributed by atoms with Crippen molar-refractivity contribution in [3.8, 4) is 5.75 Å². The molecule has 8 heteroatoms. The van der Waals surface area contributed by atoms with E-state index in [1.54, 1.807) is 36.4 Å². The van der Waals surface area contributed by atoms with Crippen LogP contribution in [0.4, 0.5) is 11.4 Å². The Hall–Kier alpha value is -4.46. The number of nitro groups is 1. The first-order valence-electron chi connectivity index (χ1n) is 10.1. The molecule has 0 radical (unpaired) electrons. The topological polar surface area (TPSA) is 110 Å². The number of aryl methyl sites for hydroxylation is 1. The van der Waals surface area contributed by atoms with E-state index < -0.39 is 28.4 Å². The number of nitrogens with zero attached hydrogens (tertiary/aromatic N) is 2. The first kappa shape index (κ1) is 21.8. The van der Waals surface area contributed by atoms with Crippen LogP contribution in [0, 0.1) is 17.0 Å². The molecule has 33 heavy (non-hydrogen) atoms. The van der Waals surface area contributed by atoms with Gasteiger partial charge in [-0.25, -0.2) is 0 Å². The van der Waals surface area contributed by atoms with E-state index in [4.69, 9.17) is 4.74 Å². The Balaban J connectivity index is 1.92. The van der Waals surface area contributed by atoms with Crippen LogP contribution in [0.2, 0.25) is 0 Å². The van der Waals surface area contributed by atoms with Crippen molar-refractivity contribution in [2.24, 2.45) is 0 Å². The average Bonchev–Trinajstić information content (AvgIpc) is 3.09. The molecular formula is C25H20N2O6. The second-order valence-electron chi connectivity index (χ2n) is 7.59. The van der Waals surface area contributed by atoms with Crippen LogP contribution in [0.1, 0.15) is 22.7 Å². The van der Waals surface area contributed by atoms with Gasteiger partial charge < -0.3 is 9.84 Å². The Kier molecular flexibility index (Phi) is 5.66. The molecule has 0 aromatic heterocycles. The van der Waals surface area contributed by atoms with Crippen LogP contribution in [-0.2, 0) is 9.59 Å². The molecule has 0 bridgehead atoms. The summed E-state index contributed by atoms with van der Waals surface area (Å²) in [6.45, 7) is 1.91. The molecule has 4 rings (SSSR count). The first-order valence-corrected chi connectivity index (χ1v) is 10.1. The smallest absolute Gasteiger partial charge is 0.300 e. The van der Waals surface area contributed by atoms with Gasteiger partial charge in [-0.2, -0.15) is 0 Å². The molecule has 1 unspecified atom stereocenters.